The zero-order valence-corrected chi connectivity index (χ0v) is 10.7. The molecule has 104 valence electrons. The lowest BCUT2D eigenvalue weighted by Gasteiger charge is -2.30. The fourth-order valence-corrected chi connectivity index (χ4v) is 1.93. The summed E-state index contributed by atoms with van der Waals surface area (Å²) in [5.74, 6) is 1.33. The summed E-state index contributed by atoms with van der Waals surface area (Å²) < 4.78 is 11.3. The summed E-state index contributed by atoms with van der Waals surface area (Å²) in [6.45, 7) is 1.97. The number of nitrogens with one attached hydrogen (secondary N) is 2. The molecule has 1 aromatic heterocycles. The Morgan fingerprint density at radius 1 is 1.35 bits per heavy atom. The van der Waals surface area contributed by atoms with Crippen molar-refractivity contribution in [3.63, 3.8) is 0 Å². The summed E-state index contributed by atoms with van der Waals surface area (Å²) in [4.78, 5) is 12.1. The van der Waals surface area contributed by atoms with Crippen LogP contribution in [0.1, 0.15) is 12.7 Å². The molecule has 0 radical (unpaired) electrons. The van der Waals surface area contributed by atoms with E-state index in [1.54, 1.807) is 19.1 Å². The Morgan fingerprint density at radius 2 is 2.10 bits per heavy atom. The molecule has 0 aliphatic carbocycles. The van der Waals surface area contributed by atoms with Crippen molar-refractivity contribution in [3.05, 3.63) is 30.1 Å². The van der Waals surface area contributed by atoms with Crippen molar-refractivity contribution >= 4 is 5.91 Å². The minimum atomic E-state index is -0.711. The molecule has 1 amide bonds. The minimum absolute atomic E-state index is 0.184. The number of hydrogen-bond donors (Lipinski definition) is 2. The van der Waals surface area contributed by atoms with Crippen LogP contribution in [-0.4, -0.2) is 38.7 Å². The molecular weight excluding hydrogens is 262 g/mol. The molecule has 0 fully saturated rings. The van der Waals surface area contributed by atoms with E-state index in [1.807, 2.05) is 12.1 Å². The zero-order valence-electron chi connectivity index (χ0n) is 10.7. The molecule has 1 aliphatic heterocycles. The van der Waals surface area contributed by atoms with Crippen LogP contribution < -0.4 is 14.8 Å². The Labute approximate surface area is 114 Å². The van der Waals surface area contributed by atoms with Gasteiger partial charge in [-0.2, -0.15) is 5.21 Å². The van der Waals surface area contributed by atoms with Crippen molar-refractivity contribution in [3.8, 4) is 11.5 Å². The first-order valence-corrected chi connectivity index (χ1v) is 6.16. The van der Waals surface area contributed by atoms with Crippen LogP contribution in [0.3, 0.4) is 0 Å². The van der Waals surface area contributed by atoms with Crippen LogP contribution in [0.4, 0.5) is 0 Å². The number of fused-ring (bicyclic) bond motifs is 1. The van der Waals surface area contributed by atoms with Crippen molar-refractivity contribution in [1.29, 1.82) is 0 Å². The van der Waals surface area contributed by atoms with E-state index in [4.69, 9.17) is 9.47 Å². The van der Waals surface area contributed by atoms with Gasteiger partial charge in [0.15, 0.2) is 17.3 Å². The maximum Gasteiger partial charge on any atom is 0.265 e. The zero-order chi connectivity index (χ0) is 13.9. The fraction of sp³-hybridized carbons (Fsp3) is 0.333. The van der Waals surface area contributed by atoms with Gasteiger partial charge in [0.1, 0.15) is 6.10 Å². The van der Waals surface area contributed by atoms with Crippen LogP contribution in [0.2, 0.25) is 0 Å². The van der Waals surface area contributed by atoms with E-state index < -0.39 is 6.10 Å². The predicted octanol–water partition coefficient (Wildman–Crippen LogP) is 0.0444. The Morgan fingerprint density at radius 3 is 2.80 bits per heavy atom. The highest BCUT2D eigenvalue weighted by molar-refractivity contribution is 5.82. The Hall–Kier alpha value is -2.64. The van der Waals surface area contributed by atoms with Crippen LogP contribution in [-0.2, 0) is 11.3 Å². The van der Waals surface area contributed by atoms with Gasteiger partial charge in [-0.1, -0.05) is 17.3 Å². The summed E-state index contributed by atoms with van der Waals surface area (Å²) >= 11 is 0. The summed E-state index contributed by atoms with van der Waals surface area (Å²) in [6, 6.07) is 7.25. The number of hydrogen-bond acceptors (Lipinski definition) is 6. The smallest absolute Gasteiger partial charge is 0.265 e. The quantitative estimate of drug-likeness (QED) is 0.820. The van der Waals surface area contributed by atoms with E-state index in [9.17, 15) is 4.79 Å². The highest BCUT2D eigenvalue weighted by Crippen LogP contribution is 2.33. The van der Waals surface area contributed by atoms with E-state index in [0.717, 1.165) is 0 Å². The molecule has 2 atom stereocenters. The van der Waals surface area contributed by atoms with Crippen molar-refractivity contribution in [2.24, 2.45) is 0 Å². The number of rotatable bonds is 3. The van der Waals surface area contributed by atoms with Gasteiger partial charge in [0.05, 0.1) is 6.54 Å². The van der Waals surface area contributed by atoms with E-state index in [2.05, 4.69) is 25.9 Å². The van der Waals surface area contributed by atoms with E-state index in [0.29, 0.717) is 17.3 Å². The number of amides is 1. The van der Waals surface area contributed by atoms with Crippen LogP contribution >= 0.6 is 0 Å². The van der Waals surface area contributed by atoms with Crippen LogP contribution in [0.5, 0.6) is 11.5 Å². The van der Waals surface area contributed by atoms with Gasteiger partial charge in [0.2, 0.25) is 6.10 Å². The Balaban J connectivity index is 1.66. The van der Waals surface area contributed by atoms with Gasteiger partial charge >= 0.3 is 0 Å². The SMILES string of the molecule is CC1Oc2ccccc2OC1C(=O)NCc1nn[nH]n1. The van der Waals surface area contributed by atoms with E-state index in [1.165, 1.54) is 0 Å². The van der Waals surface area contributed by atoms with Crippen molar-refractivity contribution in [1.82, 2.24) is 25.9 Å². The highest BCUT2D eigenvalue weighted by atomic mass is 16.6. The number of aromatic amines is 1. The summed E-state index contributed by atoms with van der Waals surface area (Å²) in [6.07, 6.45) is -1.09. The molecule has 2 unspecified atom stereocenters. The van der Waals surface area contributed by atoms with Crippen molar-refractivity contribution in [2.45, 2.75) is 25.7 Å². The maximum absolute atomic E-state index is 12.1. The largest absolute Gasteiger partial charge is 0.482 e. The van der Waals surface area contributed by atoms with Gasteiger partial charge in [-0.15, -0.1) is 10.2 Å². The number of para-hydroxylation sites is 2. The molecule has 3 rings (SSSR count). The number of H-pyrrole nitrogens is 1. The third-order valence-electron chi connectivity index (χ3n) is 2.91. The predicted molar refractivity (Wildman–Crippen MR) is 67.0 cm³/mol. The number of tetrazole rings is 1. The average molecular weight is 275 g/mol. The second-order valence-corrected chi connectivity index (χ2v) is 4.35. The van der Waals surface area contributed by atoms with Crippen LogP contribution in [0, 0.1) is 0 Å². The van der Waals surface area contributed by atoms with Gasteiger partial charge in [0, 0.05) is 0 Å². The number of ether oxygens (including phenoxy) is 2. The summed E-state index contributed by atoms with van der Waals surface area (Å²) in [5, 5.41) is 15.9. The van der Waals surface area contributed by atoms with E-state index in [-0.39, 0.29) is 18.6 Å². The molecule has 20 heavy (non-hydrogen) atoms. The summed E-state index contributed by atoms with van der Waals surface area (Å²) in [5.41, 5.74) is 0. The van der Waals surface area contributed by atoms with Gasteiger partial charge in [-0.3, -0.25) is 4.79 Å². The third-order valence-corrected chi connectivity index (χ3v) is 2.91. The molecule has 2 heterocycles. The Bertz CT molecular complexity index is 601. The molecule has 8 nitrogen and oxygen atoms in total. The molecular formula is C12H13N5O3. The molecule has 2 N–H and O–H groups in total. The molecule has 0 spiro atoms. The van der Waals surface area contributed by atoms with Crippen molar-refractivity contribution < 1.29 is 14.3 Å². The highest BCUT2D eigenvalue weighted by Gasteiger charge is 2.33. The molecule has 2 aromatic rings. The van der Waals surface area contributed by atoms with Gasteiger partial charge in [0.25, 0.3) is 5.91 Å². The van der Waals surface area contributed by atoms with Gasteiger partial charge in [-0.05, 0) is 19.1 Å². The first-order chi connectivity index (χ1) is 9.74. The average Bonchev–Trinajstić information content (AvgIpc) is 2.97. The number of carbonyl (C=O) groups excluding carboxylic acids is 1. The maximum atomic E-state index is 12.1. The topological polar surface area (TPSA) is 102 Å². The molecule has 0 saturated carbocycles. The number of aromatic nitrogens is 4. The van der Waals surface area contributed by atoms with Crippen LogP contribution in [0.15, 0.2) is 24.3 Å². The first kappa shape index (κ1) is 12.4. The van der Waals surface area contributed by atoms with E-state index >= 15 is 0 Å². The molecule has 1 aliphatic rings. The molecule has 1 aromatic carbocycles. The fourth-order valence-electron chi connectivity index (χ4n) is 1.93. The molecule has 8 heteroatoms. The van der Waals surface area contributed by atoms with Gasteiger partial charge in [-0.25, -0.2) is 0 Å². The second-order valence-electron chi connectivity index (χ2n) is 4.35. The number of benzene rings is 1. The molecule has 0 saturated heterocycles. The normalized spacial score (nSPS) is 20.4. The summed E-state index contributed by atoms with van der Waals surface area (Å²) in [7, 11) is 0. The second kappa shape index (κ2) is 5.16. The standard InChI is InChI=1S/C12H13N5O3/c1-7-11(12(18)13-6-10-14-16-17-15-10)20-9-5-3-2-4-8(9)19-7/h2-5,7,11H,6H2,1H3,(H,13,18)(H,14,15,16,17). The van der Waals surface area contributed by atoms with Crippen molar-refractivity contribution in [2.75, 3.05) is 0 Å². The van der Waals surface area contributed by atoms with Gasteiger partial charge < -0.3 is 14.8 Å². The minimum Gasteiger partial charge on any atom is -0.482 e. The monoisotopic (exact) mass is 275 g/mol. The lowest BCUT2D eigenvalue weighted by Crippen LogP contribution is -2.48. The third kappa shape index (κ3) is 2.40. The lowest BCUT2D eigenvalue weighted by atomic mass is 10.1. The molecule has 0 bridgehead atoms. The first-order valence-electron chi connectivity index (χ1n) is 6.16. The Kier molecular flexibility index (Phi) is 3.20. The lowest BCUT2D eigenvalue weighted by molar-refractivity contribution is -0.133. The number of nitrogens with zero attached hydrogens (tertiary/aromatic N) is 3. The van der Waals surface area contributed by atoms with Crippen LogP contribution in [0.25, 0.3) is 0 Å². The number of carbonyl (C=O) groups is 1.